The van der Waals surface area contributed by atoms with Crippen molar-refractivity contribution >= 4 is 33.0 Å². The number of hydrogen-bond acceptors (Lipinski definition) is 4. The SMILES string of the molecule is COc1ccc(NC(=S)N2CCN(S(=O)(=O)c3ccccc3F)CC2)cc1. The molecule has 0 atom stereocenters. The first-order valence-corrected chi connectivity index (χ1v) is 10.2. The maximum absolute atomic E-state index is 13.9. The molecule has 27 heavy (non-hydrogen) atoms. The molecule has 0 unspecified atom stereocenters. The van der Waals surface area contributed by atoms with Crippen LogP contribution >= 0.6 is 12.2 Å². The number of hydrogen-bond donors (Lipinski definition) is 1. The minimum absolute atomic E-state index is 0.237. The highest BCUT2D eigenvalue weighted by molar-refractivity contribution is 7.89. The van der Waals surface area contributed by atoms with E-state index in [0.29, 0.717) is 18.2 Å². The van der Waals surface area contributed by atoms with Crippen LogP contribution in [0, 0.1) is 5.82 Å². The molecule has 1 heterocycles. The molecule has 1 aliphatic heterocycles. The summed E-state index contributed by atoms with van der Waals surface area (Å²) in [7, 11) is -2.26. The summed E-state index contributed by atoms with van der Waals surface area (Å²) in [4.78, 5) is 1.60. The van der Waals surface area contributed by atoms with Crippen molar-refractivity contribution in [1.29, 1.82) is 0 Å². The first kappa shape index (κ1) is 19.5. The van der Waals surface area contributed by atoms with Gasteiger partial charge in [-0.2, -0.15) is 4.31 Å². The Bertz CT molecular complexity index is 912. The molecule has 0 aromatic heterocycles. The average Bonchev–Trinajstić information content (AvgIpc) is 2.69. The van der Waals surface area contributed by atoms with E-state index in [2.05, 4.69) is 5.32 Å². The molecule has 9 heteroatoms. The highest BCUT2D eigenvalue weighted by atomic mass is 32.2. The summed E-state index contributed by atoms with van der Waals surface area (Å²) in [5, 5.41) is 3.65. The summed E-state index contributed by atoms with van der Waals surface area (Å²) in [6.07, 6.45) is 0. The van der Waals surface area contributed by atoms with E-state index < -0.39 is 15.8 Å². The molecular formula is C18H20FN3O3S2. The standard InChI is InChI=1S/C18H20FN3O3S2/c1-25-15-8-6-14(7-9-15)20-18(26)21-10-12-22(13-11-21)27(23,24)17-5-3-2-4-16(17)19/h2-9H,10-13H2,1H3,(H,20,26). The number of halogens is 1. The Balaban J connectivity index is 1.61. The number of benzene rings is 2. The summed E-state index contributed by atoms with van der Waals surface area (Å²) in [6, 6.07) is 12.8. The van der Waals surface area contributed by atoms with Crippen LogP contribution in [0.1, 0.15) is 0 Å². The zero-order valence-corrected chi connectivity index (χ0v) is 16.4. The molecule has 2 aromatic rings. The van der Waals surface area contributed by atoms with Crippen LogP contribution in [0.4, 0.5) is 10.1 Å². The van der Waals surface area contributed by atoms with Gasteiger partial charge in [-0.3, -0.25) is 0 Å². The fourth-order valence-electron chi connectivity index (χ4n) is 2.80. The highest BCUT2D eigenvalue weighted by Crippen LogP contribution is 2.21. The lowest BCUT2D eigenvalue weighted by molar-refractivity contribution is 0.268. The Hall–Kier alpha value is -2.23. The molecule has 2 aromatic carbocycles. The predicted molar refractivity (Wildman–Crippen MR) is 106 cm³/mol. The number of methoxy groups -OCH3 is 1. The summed E-state index contributed by atoms with van der Waals surface area (Å²) in [5.74, 6) is 0.00931. The fraction of sp³-hybridized carbons (Fsp3) is 0.278. The Labute approximate surface area is 163 Å². The van der Waals surface area contributed by atoms with Crippen LogP contribution in [0.5, 0.6) is 5.75 Å². The molecule has 1 N–H and O–H groups in total. The Morgan fingerprint density at radius 2 is 1.70 bits per heavy atom. The third kappa shape index (κ3) is 4.37. The van der Waals surface area contributed by atoms with Gasteiger partial charge in [-0.15, -0.1) is 0 Å². The maximum atomic E-state index is 13.9. The van der Waals surface area contributed by atoms with Crippen LogP contribution in [0.3, 0.4) is 0 Å². The first-order chi connectivity index (χ1) is 12.9. The second kappa shape index (κ2) is 8.20. The average molecular weight is 410 g/mol. The van der Waals surface area contributed by atoms with Gasteiger partial charge in [0.1, 0.15) is 16.5 Å². The van der Waals surface area contributed by atoms with E-state index in [1.807, 2.05) is 29.2 Å². The van der Waals surface area contributed by atoms with Gasteiger partial charge in [-0.05, 0) is 48.6 Å². The molecule has 3 rings (SSSR count). The van der Waals surface area contributed by atoms with Gasteiger partial charge in [0.2, 0.25) is 10.0 Å². The lowest BCUT2D eigenvalue weighted by Crippen LogP contribution is -2.51. The minimum atomic E-state index is -3.85. The van der Waals surface area contributed by atoms with Crippen LogP contribution < -0.4 is 10.1 Å². The van der Waals surface area contributed by atoms with Gasteiger partial charge in [-0.25, -0.2) is 12.8 Å². The van der Waals surface area contributed by atoms with Crippen molar-refractivity contribution in [1.82, 2.24) is 9.21 Å². The van der Waals surface area contributed by atoms with E-state index >= 15 is 0 Å². The number of nitrogens with one attached hydrogen (secondary N) is 1. The minimum Gasteiger partial charge on any atom is -0.497 e. The number of thiocarbonyl (C=S) groups is 1. The molecule has 1 aliphatic rings. The number of ether oxygens (including phenoxy) is 1. The van der Waals surface area contributed by atoms with E-state index in [4.69, 9.17) is 17.0 Å². The van der Waals surface area contributed by atoms with Gasteiger partial charge >= 0.3 is 0 Å². The van der Waals surface area contributed by atoms with Crippen LogP contribution in [0.25, 0.3) is 0 Å². The molecule has 0 bridgehead atoms. The lowest BCUT2D eigenvalue weighted by Gasteiger charge is -2.35. The Morgan fingerprint density at radius 1 is 1.07 bits per heavy atom. The van der Waals surface area contributed by atoms with Crippen LogP contribution in [0.15, 0.2) is 53.4 Å². The van der Waals surface area contributed by atoms with E-state index in [1.54, 1.807) is 7.11 Å². The topological polar surface area (TPSA) is 61.9 Å². The molecule has 0 amide bonds. The molecule has 0 aliphatic carbocycles. The van der Waals surface area contributed by atoms with Crippen molar-refractivity contribution in [2.75, 3.05) is 38.6 Å². The maximum Gasteiger partial charge on any atom is 0.246 e. The largest absolute Gasteiger partial charge is 0.497 e. The monoisotopic (exact) mass is 409 g/mol. The van der Waals surface area contributed by atoms with Gasteiger partial charge < -0.3 is 15.0 Å². The zero-order valence-electron chi connectivity index (χ0n) is 14.8. The van der Waals surface area contributed by atoms with E-state index in [0.717, 1.165) is 17.5 Å². The molecule has 144 valence electrons. The van der Waals surface area contributed by atoms with Crippen molar-refractivity contribution in [3.05, 3.63) is 54.3 Å². The van der Waals surface area contributed by atoms with Gasteiger partial charge in [-0.1, -0.05) is 12.1 Å². The molecule has 0 radical (unpaired) electrons. The quantitative estimate of drug-likeness (QED) is 0.783. The van der Waals surface area contributed by atoms with Crippen LogP contribution in [-0.4, -0.2) is 56.0 Å². The van der Waals surface area contributed by atoms with Gasteiger partial charge in [0.25, 0.3) is 0 Å². The number of anilines is 1. The Morgan fingerprint density at radius 3 is 2.30 bits per heavy atom. The molecule has 6 nitrogen and oxygen atoms in total. The Kier molecular flexibility index (Phi) is 5.93. The number of nitrogens with zero attached hydrogens (tertiary/aromatic N) is 2. The van der Waals surface area contributed by atoms with E-state index in [-0.39, 0.29) is 18.0 Å². The van der Waals surface area contributed by atoms with Crippen molar-refractivity contribution in [3.63, 3.8) is 0 Å². The summed E-state index contributed by atoms with van der Waals surface area (Å²) < 4.78 is 45.6. The number of piperazine rings is 1. The molecule has 0 saturated carbocycles. The lowest BCUT2D eigenvalue weighted by atomic mass is 10.3. The van der Waals surface area contributed by atoms with Gasteiger partial charge in [0.05, 0.1) is 7.11 Å². The third-order valence-electron chi connectivity index (χ3n) is 4.32. The molecular weight excluding hydrogens is 389 g/mol. The summed E-state index contributed by atoms with van der Waals surface area (Å²) >= 11 is 5.42. The first-order valence-electron chi connectivity index (χ1n) is 8.36. The zero-order chi connectivity index (χ0) is 19.4. The van der Waals surface area contributed by atoms with E-state index in [1.165, 1.54) is 22.5 Å². The fourth-order valence-corrected chi connectivity index (χ4v) is 4.59. The van der Waals surface area contributed by atoms with Crippen molar-refractivity contribution in [2.24, 2.45) is 0 Å². The van der Waals surface area contributed by atoms with Crippen LogP contribution in [-0.2, 0) is 10.0 Å². The van der Waals surface area contributed by atoms with Crippen molar-refractivity contribution < 1.29 is 17.5 Å². The normalized spacial score (nSPS) is 15.4. The molecule has 0 spiro atoms. The number of rotatable bonds is 4. The third-order valence-corrected chi connectivity index (χ3v) is 6.61. The molecule has 1 fully saturated rings. The highest BCUT2D eigenvalue weighted by Gasteiger charge is 2.31. The van der Waals surface area contributed by atoms with Crippen LogP contribution in [0.2, 0.25) is 0 Å². The second-order valence-corrected chi connectivity index (χ2v) is 8.27. The molecule has 1 saturated heterocycles. The van der Waals surface area contributed by atoms with Crippen molar-refractivity contribution in [3.8, 4) is 5.75 Å². The van der Waals surface area contributed by atoms with Gasteiger partial charge in [0, 0.05) is 31.9 Å². The number of sulfonamides is 1. The predicted octanol–water partition coefficient (Wildman–Crippen LogP) is 2.54. The summed E-state index contributed by atoms with van der Waals surface area (Å²) in [6.45, 7) is 1.33. The van der Waals surface area contributed by atoms with E-state index in [9.17, 15) is 12.8 Å². The smallest absolute Gasteiger partial charge is 0.246 e. The van der Waals surface area contributed by atoms with Gasteiger partial charge in [0.15, 0.2) is 5.11 Å². The summed E-state index contributed by atoms with van der Waals surface area (Å²) in [5.41, 5.74) is 0.821. The second-order valence-electron chi connectivity index (χ2n) is 5.98. The van der Waals surface area contributed by atoms with Crippen molar-refractivity contribution in [2.45, 2.75) is 4.90 Å².